The molecule has 1 fully saturated rings. The number of hydrogen-bond donors (Lipinski definition) is 1. The molecule has 6 heteroatoms. The summed E-state index contributed by atoms with van der Waals surface area (Å²) in [6.07, 6.45) is 8.65. The minimum absolute atomic E-state index is 0.0262. The highest BCUT2D eigenvalue weighted by Gasteiger charge is 2.16. The van der Waals surface area contributed by atoms with E-state index in [2.05, 4.69) is 19.8 Å². The molecule has 0 aliphatic carbocycles. The molecule has 1 aromatic heterocycles. The van der Waals surface area contributed by atoms with Crippen LogP contribution >= 0.6 is 11.6 Å². The summed E-state index contributed by atoms with van der Waals surface area (Å²) in [6.45, 7) is 4.83. The second kappa shape index (κ2) is 8.39. The first kappa shape index (κ1) is 17.8. The molecule has 1 aromatic carbocycles. The quantitative estimate of drug-likeness (QED) is 0.837. The number of amides is 1. The Balaban J connectivity index is 1.60. The van der Waals surface area contributed by atoms with E-state index in [0.717, 1.165) is 43.3 Å². The first-order valence-electron chi connectivity index (χ1n) is 8.95. The van der Waals surface area contributed by atoms with Crippen molar-refractivity contribution in [3.8, 4) is 0 Å². The van der Waals surface area contributed by atoms with Gasteiger partial charge in [0.1, 0.15) is 5.82 Å². The number of carbonyl (C=O) groups excluding carboxylic acids is 1. The number of imidazole rings is 1. The predicted molar refractivity (Wildman–Crippen MR) is 102 cm³/mol. The van der Waals surface area contributed by atoms with Crippen LogP contribution in [0.25, 0.3) is 0 Å². The van der Waals surface area contributed by atoms with E-state index in [4.69, 9.17) is 11.6 Å². The summed E-state index contributed by atoms with van der Waals surface area (Å²) in [6, 6.07) is 5.75. The first-order valence-corrected chi connectivity index (χ1v) is 9.33. The van der Waals surface area contributed by atoms with Gasteiger partial charge in [-0.2, -0.15) is 0 Å². The van der Waals surface area contributed by atoms with Crippen LogP contribution in [-0.2, 0) is 11.3 Å². The maximum Gasteiger partial charge on any atom is 0.224 e. The van der Waals surface area contributed by atoms with Crippen LogP contribution in [0.3, 0.4) is 0 Å². The zero-order valence-corrected chi connectivity index (χ0v) is 15.4. The van der Waals surface area contributed by atoms with Crippen molar-refractivity contribution in [2.24, 2.45) is 0 Å². The van der Waals surface area contributed by atoms with Crippen molar-refractivity contribution in [2.75, 3.05) is 23.3 Å². The Morgan fingerprint density at radius 1 is 1.28 bits per heavy atom. The van der Waals surface area contributed by atoms with E-state index in [9.17, 15) is 4.79 Å². The van der Waals surface area contributed by atoms with Gasteiger partial charge in [0.15, 0.2) is 0 Å². The van der Waals surface area contributed by atoms with Gasteiger partial charge in [-0.1, -0.05) is 11.6 Å². The summed E-state index contributed by atoms with van der Waals surface area (Å²) in [7, 11) is 0. The van der Waals surface area contributed by atoms with Gasteiger partial charge in [0, 0.05) is 43.5 Å². The second-order valence-electron chi connectivity index (χ2n) is 6.53. The molecule has 0 saturated carbocycles. The van der Waals surface area contributed by atoms with Crippen LogP contribution in [0, 0.1) is 6.92 Å². The van der Waals surface area contributed by atoms with Gasteiger partial charge in [-0.25, -0.2) is 4.98 Å². The molecule has 1 N–H and O–H groups in total. The van der Waals surface area contributed by atoms with E-state index in [0.29, 0.717) is 11.4 Å². The Hall–Kier alpha value is -2.01. The lowest BCUT2D eigenvalue weighted by atomic mass is 10.1. The number of aryl methyl sites for hydroxylation is 2. The summed E-state index contributed by atoms with van der Waals surface area (Å²) in [5.74, 6) is 1.00. The lowest BCUT2D eigenvalue weighted by Crippen LogP contribution is -2.30. The molecule has 0 bridgehead atoms. The molecule has 1 aliphatic rings. The summed E-state index contributed by atoms with van der Waals surface area (Å²) in [5.41, 5.74) is 1.89. The van der Waals surface area contributed by atoms with Gasteiger partial charge in [-0.3, -0.25) is 4.79 Å². The smallest absolute Gasteiger partial charge is 0.224 e. The summed E-state index contributed by atoms with van der Waals surface area (Å²) >= 11 is 6.15. The fourth-order valence-electron chi connectivity index (χ4n) is 3.28. The average Bonchev–Trinajstić information content (AvgIpc) is 3.01. The summed E-state index contributed by atoms with van der Waals surface area (Å²) in [4.78, 5) is 18.9. The van der Waals surface area contributed by atoms with Crippen molar-refractivity contribution < 1.29 is 4.79 Å². The molecule has 0 atom stereocenters. The number of nitrogens with zero attached hydrogens (tertiary/aromatic N) is 3. The van der Waals surface area contributed by atoms with Crippen LogP contribution in [0.5, 0.6) is 0 Å². The number of halogens is 1. The van der Waals surface area contributed by atoms with Crippen molar-refractivity contribution in [3.05, 3.63) is 41.4 Å². The molecule has 0 radical (unpaired) electrons. The Bertz CT molecular complexity index is 722. The van der Waals surface area contributed by atoms with Gasteiger partial charge in [-0.15, -0.1) is 0 Å². The average molecular weight is 361 g/mol. The van der Waals surface area contributed by atoms with Gasteiger partial charge in [0.2, 0.25) is 5.91 Å². The largest absolute Gasteiger partial charge is 0.370 e. The van der Waals surface area contributed by atoms with Crippen LogP contribution in [0.4, 0.5) is 11.4 Å². The maximum atomic E-state index is 12.4. The van der Waals surface area contributed by atoms with Crippen molar-refractivity contribution in [2.45, 2.75) is 45.6 Å². The van der Waals surface area contributed by atoms with Crippen LogP contribution in [0.2, 0.25) is 5.02 Å². The number of benzene rings is 1. The molecule has 1 aliphatic heterocycles. The molecule has 0 spiro atoms. The molecule has 134 valence electrons. The van der Waals surface area contributed by atoms with Gasteiger partial charge < -0.3 is 14.8 Å². The lowest BCUT2D eigenvalue weighted by Gasteiger charge is -2.30. The third-order valence-electron chi connectivity index (χ3n) is 4.66. The molecule has 25 heavy (non-hydrogen) atoms. The standard InChI is InChI=1S/C19H25ClN4O/c1-15-21-9-13-23(15)12-5-6-19(25)22-17-14-16(20)7-8-18(17)24-10-3-2-4-11-24/h7-9,13-14H,2-6,10-12H2,1H3,(H,22,25). The third-order valence-corrected chi connectivity index (χ3v) is 4.89. The second-order valence-corrected chi connectivity index (χ2v) is 6.97. The van der Waals surface area contributed by atoms with Crippen LogP contribution in [-0.4, -0.2) is 28.5 Å². The van der Waals surface area contributed by atoms with E-state index >= 15 is 0 Å². The normalized spacial score (nSPS) is 14.6. The lowest BCUT2D eigenvalue weighted by molar-refractivity contribution is -0.116. The third kappa shape index (κ3) is 4.75. The molecule has 2 heterocycles. The van der Waals surface area contributed by atoms with E-state index in [1.54, 1.807) is 6.20 Å². The Morgan fingerprint density at radius 2 is 2.08 bits per heavy atom. The van der Waals surface area contributed by atoms with Crippen molar-refractivity contribution >= 4 is 28.9 Å². The molecular formula is C19H25ClN4O. The molecule has 5 nitrogen and oxygen atoms in total. The minimum Gasteiger partial charge on any atom is -0.370 e. The first-order chi connectivity index (χ1) is 12.1. The van der Waals surface area contributed by atoms with E-state index in [1.165, 1.54) is 19.3 Å². The van der Waals surface area contributed by atoms with Gasteiger partial charge in [0.25, 0.3) is 0 Å². The number of rotatable bonds is 6. The Kier molecular flexibility index (Phi) is 5.97. The zero-order chi connectivity index (χ0) is 17.6. The minimum atomic E-state index is 0.0262. The predicted octanol–water partition coefficient (Wildman–Crippen LogP) is 4.25. The van der Waals surface area contributed by atoms with Gasteiger partial charge in [-0.05, 0) is 50.8 Å². The monoisotopic (exact) mass is 360 g/mol. The molecule has 1 amide bonds. The summed E-state index contributed by atoms with van der Waals surface area (Å²) in [5, 5.41) is 3.70. The van der Waals surface area contributed by atoms with E-state index < -0.39 is 0 Å². The molecule has 1 saturated heterocycles. The molecule has 2 aromatic rings. The fraction of sp³-hybridized carbons (Fsp3) is 0.474. The highest BCUT2D eigenvalue weighted by atomic mass is 35.5. The molecule has 3 rings (SSSR count). The van der Waals surface area contributed by atoms with Crippen LogP contribution < -0.4 is 10.2 Å². The van der Waals surface area contributed by atoms with Gasteiger partial charge >= 0.3 is 0 Å². The van der Waals surface area contributed by atoms with Crippen molar-refractivity contribution in [3.63, 3.8) is 0 Å². The number of aromatic nitrogens is 2. The van der Waals surface area contributed by atoms with Crippen LogP contribution in [0.1, 0.15) is 37.9 Å². The maximum absolute atomic E-state index is 12.4. The SMILES string of the molecule is Cc1nccn1CCCC(=O)Nc1cc(Cl)ccc1N1CCCCC1. The van der Waals surface area contributed by atoms with Gasteiger partial charge in [0.05, 0.1) is 11.4 Å². The number of carbonyl (C=O) groups is 1. The number of hydrogen-bond acceptors (Lipinski definition) is 3. The van der Waals surface area contributed by atoms with E-state index in [-0.39, 0.29) is 5.91 Å². The highest BCUT2D eigenvalue weighted by molar-refractivity contribution is 6.31. The number of piperidine rings is 1. The number of anilines is 2. The van der Waals surface area contributed by atoms with Crippen LogP contribution in [0.15, 0.2) is 30.6 Å². The number of nitrogens with one attached hydrogen (secondary N) is 1. The van der Waals surface area contributed by atoms with E-state index in [1.807, 2.05) is 31.3 Å². The molecule has 0 unspecified atom stereocenters. The van der Waals surface area contributed by atoms with Crippen molar-refractivity contribution in [1.82, 2.24) is 9.55 Å². The molecular weight excluding hydrogens is 336 g/mol. The Morgan fingerprint density at radius 3 is 2.80 bits per heavy atom. The zero-order valence-electron chi connectivity index (χ0n) is 14.7. The highest BCUT2D eigenvalue weighted by Crippen LogP contribution is 2.31. The van der Waals surface area contributed by atoms with Crippen molar-refractivity contribution in [1.29, 1.82) is 0 Å². The topological polar surface area (TPSA) is 50.2 Å². The summed E-state index contributed by atoms with van der Waals surface area (Å²) < 4.78 is 2.06. The fourth-order valence-corrected chi connectivity index (χ4v) is 3.45. The Labute approximate surface area is 154 Å².